The van der Waals surface area contributed by atoms with Gasteiger partial charge in [0.25, 0.3) is 5.91 Å². The second-order valence-electron chi connectivity index (χ2n) is 5.24. The Hall–Kier alpha value is -1.92. The normalized spacial score (nSPS) is 24.7. The van der Waals surface area contributed by atoms with E-state index in [1.54, 1.807) is 4.90 Å². The number of aliphatic carboxylic acids is 1. The number of rotatable bonds is 3. The van der Waals surface area contributed by atoms with Crippen molar-refractivity contribution in [1.29, 1.82) is 0 Å². The summed E-state index contributed by atoms with van der Waals surface area (Å²) in [7, 11) is 0. The molecule has 2 aliphatic rings. The molecule has 1 aromatic rings. The summed E-state index contributed by atoms with van der Waals surface area (Å²) in [6.07, 6.45) is -0.585. The largest absolute Gasteiger partial charge is 0.481 e. The highest BCUT2D eigenvalue weighted by Gasteiger charge is 2.37. The van der Waals surface area contributed by atoms with Crippen molar-refractivity contribution in [2.75, 3.05) is 31.3 Å². The Kier molecular flexibility index (Phi) is 3.90. The smallest absolute Gasteiger partial charge is 0.304 e. The fourth-order valence-corrected chi connectivity index (χ4v) is 2.89. The topological polar surface area (TPSA) is 76.1 Å². The zero-order valence-electron chi connectivity index (χ0n) is 11.5. The molecule has 3 rings (SSSR count). The van der Waals surface area contributed by atoms with Crippen LogP contribution in [0, 0.1) is 0 Å². The number of carbonyl (C=O) groups is 2. The Balaban J connectivity index is 1.83. The van der Waals surface area contributed by atoms with Gasteiger partial charge >= 0.3 is 5.97 Å². The van der Waals surface area contributed by atoms with Crippen LogP contribution in [0.3, 0.4) is 0 Å². The van der Waals surface area contributed by atoms with Crippen LogP contribution >= 0.6 is 0 Å². The van der Waals surface area contributed by atoms with Crippen molar-refractivity contribution >= 4 is 17.6 Å². The third-order valence-electron chi connectivity index (χ3n) is 3.85. The minimum Gasteiger partial charge on any atom is -0.481 e. The molecule has 1 aromatic carbocycles. The maximum atomic E-state index is 12.6. The molecule has 0 radical (unpaired) electrons. The molecule has 1 N–H and O–H groups in total. The summed E-state index contributed by atoms with van der Waals surface area (Å²) in [5, 5.41) is 9.02. The quantitative estimate of drug-likeness (QED) is 0.899. The van der Waals surface area contributed by atoms with Crippen molar-refractivity contribution in [3.8, 4) is 0 Å². The van der Waals surface area contributed by atoms with E-state index in [0.717, 1.165) is 11.3 Å². The summed E-state index contributed by atoms with van der Waals surface area (Å²) in [5.41, 5.74) is 1.69. The molecule has 1 amide bonds. The van der Waals surface area contributed by atoms with Gasteiger partial charge < -0.3 is 19.5 Å². The maximum absolute atomic E-state index is 12.6. The van der Waals surface area contributed by atoms with Gasteiger partial charge in [0.05, 0.1) is 26.2 Å². The number of carboxylic acids is 1. The lowest BCUT2D eigenvalue weighted by Gasteiger charge is -2.27. The standard InChI is InChI=1S/C15H17NO5/c17-14(18)7-10-8-16(12-4-2-1-3-11(10)12)15(19)13-9-20-5-6-21-13/h1-4,10,13H,5-9H2,(H,17,18). The second-order valence-corrected chi connectivity index (χ2v) is 5.24. The zero-order valence-corrected chi connectivity index (χ0v) is 11.5. The first-order valence-corrected chi connectivity index (χ1v) is 6.98. The van der Waals surface area contributed by atoms with E-state index in [1.165, 1.54) is 0 Å². The molecule has 0 saturated carbocycles. The van der Waals surface area contributed by atoms with Crippen LogP contribution in [0.5, 0.6) is 0 Å². The summed E-state index contributed by atoms with van der Waals surface area (Å²) in [6.45, 7) is 1.54. The van der Waals surface area contributed by atoms with Crippen LogP contribution in [0.1, 0.15) is 17.9 Å². The van der Waals surface area contributed by atoms with Crippen molar-refractivity contribution in [2.24, 2.45) is 0 Å². The Morgan fingerprint density at radius 2 is 2.10 bits per heavy atom. The molecule has 2 heterocycles. The van der Waals surface area contributed by atoms with E-state index in [0.29, 0.717) is 19.8 Å². The third-order valence-corrected chi connectivity index (χ3v) is 3.85. The van der Waals surface area contributed by atoms with Gasteiger partial charge in [-0.2, -0.15) is 0 Å². The fraction of sp³-hybridized carbons (Fsp3) is 0.467. The first-order valence-electron chi connectivity index (χ1n) is 6.98. The van der Waals surface area contributed by atoms with E-state index in [1.807, 2.05) is 24.3 Å². The number of fused-ring (bicyclic) bond motifs is 1. The molecule has 2 unspecified atom stereocenters. The van der Waals surface area contributed by atoms with Gasteiger partial charge in [-0.25, -0.2) is 0 Å². The number of hydrogen-bond acceptors (Lipinski definition) is 4. The van der Waals surface area contributed by atoms with Gasteiger partial charge in [0.1, 0.15) is 0 Å². The Morgan fingerprint density at radius 1 is 1.29 bits per heavy atom. The summed E-state index contributed by atoms with van der Waals surface area (Å²) in [5.74, 6) is -1.19. The number of carboxylic acid groups (broad SMARTS) is 1. The Morgan fingerprint density at radius 3 is 2.81 bits per heavy atom. The second kappa shape index (κ2) is 5.83. The van der Waals surface area contributed by atoms with Crippen LogP contribution in [-0.4, -0.2) is 49.5 Å². The highest BCUT2D eigenvalue weighted by Crippen LogP contribution is 2.38. The minimum absolute atomic E-state index is 0.0167. The number of anilines is 1. The van der Waals surface area contributed by atoms with Crippen molar-refractivity contribution in [2.45, 2.75) is 18.4 Å². The molecule has 2 atom stereocenters. The minimum atomic E-state index is -0.860. The van der Waals surface area contributed by atoms with Crippen LogP contribution < -0.4 is 4.90 Å². The highest BCUT2D eigenvalue weighted by atomic mass is 16.6. The average molecular weight is 291 g/mol. The van der Waals surface area contributed by atoms with E-state index >= 15 is 0 Å². The first kappa shape index (κ1) is 14.0. The van der Waals surface area contributed by atoms with E-state index in [-0.39, 0.29) is 24.9 Å². The van der Waals surface area contributed by atoms with Gasteiger partial charge in [-0.15, -0.1) is 0 Å². The molecule has 112 valence electrons. The summed E-state index contributed by atoms with van der Waals surface area (Å²) >= 11 is 0. The Bertz CT molecular complexity index is 553. The molecule has 0 bridgehead atoms. The van der Waals surface area contributed by atoms with E-state index in [4.69, 9.17) is 14.6 Å². The lowest BCUT2D eigenvalue weighted by molar-refractivity contribution is -0.145. The molecule has 6 heteroatoms. The first-order chi connectivity index (χ1) is 10.2. The number of para-hydroxylation sites is 1. The molecule has 21 heavy (non-hydrogen) atoms. The summed E-state index contributed by atoms with van der Waals surface area (Å²) < 4.78 is 10.7. The van der Waals surface area contributed by atoms with Gasteiger partial charge in [-0.05, 0) is 11.6 Å². The van der Waals surface area contributed by atoms with Crippen molar-refractivity contribution in [3.63, 3.8) is 0 Å². The molecule has 0 spiro atoms. The lowest BCUT2D eigenvalue weighted by Crippen LogP contribution is -2.45. The summed E-state index contributed by atoms with van der Waals surface area (Å²) in [4.78, 5) is 25.2. The predicted molar refractivity (Wildman–Crippen MR) is 74.3 cm³/mol. The van der Waals surface area contributed by atoms with Crippen molar-refractivity contribution in [3.05, 3.63) is 29.8 Å². The van der Waals surface area contributed by atoms with Gasteiger partial charge in [-0.3, -0.25) is 9.59 Å². The van der Waals surface area contributed by atoms with Crippen molar-refractivity contribution < 1.29 is 24.2 Å². The predicted octanol–water partition coefficient (Wildman–Crippen LogP) is 1.01. The fourth-order valence-electron chi connectivity index (χ4n) is 2.89. The number of hydrogen-bond donors (Lipinski definition) is 1. The number of benzene rings is 1. The van der Waals surface area contributed by atoms with Crippen LogP contribution in [0.25, 0.3) is 0 Å². The van der Waals surface area contributed by atoms with Gasteiger partial charge in [0.15, 0.2) is 6.10 Å². The molecule has 2 aliphatic heterocycles. The van der Waals surface area contributed by atoms with Crippen LogP contribution in [-0.2, 0) is 19.1 Å². The number of amides is 1. The van der Waals surface area contributed by atoms with Crippen molar-refractivity contribution in [1.82, 2.24) is 0 Å². The van der Waals surface area contributed by atoms with Crippen LogP contribution in [0.2, 0.25) is 0 Å². The SMILES string of the molecule is O=C(O)CC1CN(C(=O)C2COCCO2)c2ccccc21. The summed E-state index contributed by atoms with van der Waals surface area (Å²) in [6, 6.07) is 7.44. The van der Waals surface area contributed by atoms with E-state index < -0.39 is 12.1 Å². The molecule has 1 fully saturated rings. The molecular formula is C15H17NO5. The molecule has 1 saturated heterocycles. The molecule has 0 aliphatic carbocycles. The average Bonchev–Trinajstić information content (AvgIpc) is 2.86. The van der Waals surface area contributed by atoms with Gasteiger partial charge in [0.2, 0.25) is 0 Å². The van der Waals surface area contributed by atoms with E-state index in [2.05, 4.69) is 0 Å². The Labute approximate surface area is 122 Å². The maximum Gasteiger partial charge on any atom is 0.304 e. The molecular weight excluding hydrogens is 274 g/mol. The van der Waals surface area contributed by atoms with E-state index in [9.17, 15) is 9.59 Å². The third kappa shape index (κ3) is 2.77. The number of nitrogens with zero attached hydrogens (tertiary/aromatic N) is 1. The zero-order chi connectivity index (χ0) is 14.8. The van der Waals surface area contributed by atoms with Crippen LogP contribution in [0.15, 0.2) is 24.3 Å². The van der Waals surface area contributed by atoms with Gasteiger partial charge in [0, 0.05) is 18.2 Å². The number of ether oxygens (including phenoxy) is 2. The van der Waals surface area contributed by atoms with Crippen LogP contribution in [0.4, 0.5) is 5.69 Å². The monoisotopic (exact) mass is 291 g/mol. The molecule has 0 aromatic heterocycles. The highest BCUT2D eigenvalue weighted by molar-refractivity contribution is 5.99. The number of carbonyl (C=O) groups excluding carboxylic acids is 1. The molecule has 6 nitrogen and oxygen atoms in total. The lowest BCUT2D eigenvalue weighted by atomic mass is 9.98. The van der Waals surface area contributed by atoms with Gasteiger partial charge in [-0.1, -0.05) is 18.2 Å².